The Morgan fingerprint density at radius 1 is 1.50 bits per heavy atom. The molecule has 1 aromatic heterocycles. The van der Waals surface area contributed by atoms with Gasteiger partial charge < -0.3 is 14.7 Å². The summed E-state index contributed by atoms with van der Waals surface area (Å²) in [4.78, 5) is 17.9. The lowest BCUT2D eigenvalue weighted by molar-refractivity contribution is 0.0349. The number of esters is 1. The zero-order valence-electron chi connectivity index (χ0n) is 10.7. The largest absolute Gasteiger partial charge is 0.465 e. The molecule has 1 aliphatic rings. The van der Waals surface area contributed by atoms with Gasteiger partial charge in [0, 0.05) is 19.3 Å². The number of ether oxygens (including phenoxy) is 1. The summed E-state index contributed by atoms with van der Waals surface area (Å²) in [6.45, 7) is 3.21. The molecular weight excluding hydrogens is 232 g/mol. The lowest BCUT2D eigenvalue weighted by Crippen LogP contribution is -2.43. The van der Waals surface area contributed by atoms with Gasteiger partial charge in [-0.05, 0) is 31.9 Å². The predicted molar refractivity (Wildman–Crippen MR) is 67.6 cm³/mol. The van der Waals surface area contributed by atoms with Crippen LogP contribution in [-0.2, 0) is 4.74 Å². The van der Waals surface area contributed by atoms with Crippen LogP contribution in [0.5, 0.6) is 0 Å². The fourth-order valence-electron chi connectivity index (χ4n) is 2.12. The molecule has 5 heteroatoms. The van der Waals surface area contributed by atoms with Crippen LogP contribution < -0.4 is 4.90 Å². The van der Waals surface area contributed by atoms with Crippen LogP contribution in [0.25, 0.3) is 0 Å². The molecule has 98 valence electrons. The maximum Gasteiger partial charge on any atom is 0.341 e. The predicted octanol–water partition coefficient (Wildman–Crippen LogP) is 1.22. The van der Waals surface area contributed by atoms with Gasteiger partial charge in [-0.1, -0.05) is 0 Å². The van der Waals surface area contributed by atoms with Gasteiger partial charge in [-0.3, -0.25) is 0 Å². The standard InChI is InChI=1S/C13H18N2O3/c1-13(17)5-8-15(9-6-13)11-10(12(16)18-2)4-3-7-14-11/h3-4,7,17H,5-6,8-9H2,1-2H3. The van der Waals surface area contributed by atoms with Crippen LogP contribution in [0.2, 0.25) is 0 Å². The third kappa shape index (κ3) is 2.61. The first-order valence-corrected chi connectivity index (χ1v) is 6.04. The molecule has 0 aromatic carbocycles. The van der Waals surface area contributed by atoms with Crippen LogP contribution in [0, 0.1) is 0 Å². The van der Waals surface area contributed by atoms with Crippen LogP contribution in [0.4, 0.5) is 5.82 Å². The highest BCUT2D eigenvalue weighted by molar-refractivity contribution is 5.94. The van der Waals surface area contributed by atoms with Crippen molar-refractivity contribution in [1.82, 2.24) is 4.98 Å². The summed E-state index contributed by atoms with van der Waals surface area (Å²) in [7, 11) is 1.36. The Bertz CT molecular complexity index is 436. The van der Waals surface area contributed by atoms with Crippen LogP contribution in [0.15, 0.2) is 18.3 Å². The quantitative estimate of drug-likeness (QED) is 0.800. The first-order chi connectivity index (χ1) is 8.53. The number of aliphatic hydroxyl groups is 1. The van der Waals surface area contributed by atoms with Gasteiger partial charge in [0.1, 0.15) is 11.4 Å². The number of pyridine rings is 1. The molecule has 2 heterocycles. The first-order valence-electron chi connectivity index (χ1n) is 6.04. The molecule has 0 aliphatic carbocycles. The Morgan fingerprint density at radius 2 is 2.17 bits per heavy atom. The number of hydrogen-bond donors (Lipinski definition) is 1. The molecule has 18 heavy (non-hydrogen) atoms. The average Bonchev–Trinajstić information content (AvgIpc) is 2.38. The van der Waals surface area contributed by atoms with E-state index in [1.165, 1.54) is 7.11 Å². The highest BCUT2D eigenvalue weighted by Gasteiger charge is 2.29. The van der Waals surface area contributed by atoms with E-state index in [2.05, 4.69) is 4.98 Å². The van der Waals surface area contributed by atoms with E-state index in [1.54, 1.807) is 18.3 Å². The Kier molecular flexibility index (Phi) is 3.52. The summed E-state index contributed by atoms with van der Waals surface area (Å²) >= 11 is 0. The number of piperidine rings is 1. The van der Waals surface area contributed by atoms with E-state index >= 15 is 0 Å². The molecule has 0 bridgehead atoms. The molecule has 2 rings (SSSR count). The minimum atomic E-state index is -0.614. The second-order valence-electron chi connectivity index (χ2n) is 4.85. The van der Waals surface area contributed by atoms with Crippen molar-refractivity contribution >= 4 is 11.8 Å². The van der Waals surface area contributed by atoms with Crippen molar-refractivity contribution in [1.29, 1.82) is 0 Å². The summed E-state index contributed by atoms with van der Waals surface area (Å²) < 4.78 is 4.75. The molecule has 0 spiro atoms. The third-order valence-corrected chi connectivity index (χ3v) is 3.33. The van der Waals surface area contributed by atoms with Gasteiger partial charge in [0.05, 0.1) is 12.7 Å². The Labute approximate surface area is 106 Å². The molecule has 1 aliphatic heterocycles. The summed E-state index contributed by atoms with van der Waals surface area (Å²) in [5.74, 6) is 0.260. The number of hydrogen-bond acceptors (Lipinski definition) is 5. The fraction of sp³-hybridized carbons (Fsp3) is 0.538. The summed E-state index contributed by atoms with van der Waals surface area (Å²) in [6.07, 6.45) is 3.00. The van der Waals surface area contributed by atoms with Gasteiger partial charge in [0.2, 0.25) is 0 Å². The number of anilines is 1. The van der Waals surface area contributed by atoms with Crippen LogP contribution in [-0.4, -0.2) is 41.9 Å². The van der Waals surface area contributed by atoms with E-state index in [-0.39, 0.29) is 5.97 Å². The molecule has 0 atom stereocenters. The summed E-state index contributed by atoms with van der Waals surface area (Å²) in [5, 5.41) is 9.93. The molecule has 0 radical (unpaired) electrons. The van der Waals surface area contributed by atoms with Crippen LogP contribution in [0.1, 0.15) is 30.1 Å². The molecule has 0 saturated carbocycles. The zero-order chi connectivity index (χ0) is 13.2. The smallest absolute Gasteiger partial charge is 0.341 e. The normalized spacial score (nSPS) is 18.5. The van der Waals surface area contributed by atoms with E-state index in [1.807, 2.05) is 11.8 Å². The lowest BCUT2D eigenvalue weighted by atomic mass is 9.93. The molecule has 1 aromatic rings. The van der Waals surface area contributed by atoms with E-state index in [0.29, 0.717) is 37.3 Å². The van der Waals surface area contributed by atoms with E-state index in [4.69, 9.17) is 4.74 Å². The Balaban J connectivity index is 2.21. The van der Waals surface area contributed by atoms with Crippen molar-refractivity contribution in [3.05, 3.63) is 23.9 Å². The summed E-state index contributed by atoms with van der Waals surface area (Å²) in [6, 6.07) is 3.43. The second kappa shape index (κ2) is 4.94. The van der Waals surface area contributed by atoms with Gasteiger partial charge in [-0.2, -0.15) is 0 Å². The first kappa shape index (κ1) is 12.8. The highest BCUT2D eigenvalue weighted by Crippen LogP contribution is 2.26. The van der Waals surface area contributed by atoms with Gasteiger partial charge in [-0.25, -0.2) is 9.78 Å². The van der Waals surface area contributed by atoms with Crippen molar-refractivity contribution in [2.24, 2.45) is 0 Å². The van der Waals surface area contributed by atoms with Gasteiger partial charge in [-0.15, -0.1) is 0 Å². The van der Waals surface area contributed by atoms with Crippen molar-refractivity contribution < 1.29 is 14.6 Å². The van der Waals surface area contributed by atoms with Crippen molar-refractivity contribution in [3.63, 3.8) is 0 Å². The van der Waals surface area contributed by atoms with Crippen molar-refractivity contribution in [3.8, 4) is 0 Å². The van der Waals surface area contributed by atoms with Gasteiger partial charge >= 0.3 is 5.97 Å². The molecule has 1 fully saturated rings. The molecule has 5 nitrogen and oxygen atoms in total. The minimum absolute atomic E-state index is 0.379. The van der Waals surface area contributed by atoms with Crippen molar-refractivity contribution in [2.45, 2.75) is 25.4 Å². The van der Waals surface area contributed by atoms with Gasteiger partial charge in [0.15, 0.2) is 0 Å². The molecule has 0 unspecified atom stereocenters. The molecule has 0 amide bonds. The monoisotopic (exact) mass is 250 g/mol. The number of carbonyl (C=O) groups is 1. The van der Waals surface area contributed by atoms with Crippen LogP contribution in [0.3, 0.4) is 0 Å². The number of methoxy groups -OCH3 is 1. The SMILES string of the molecule is COC(=O)c1cccnc1N1CCC(C)(O)CC1. The maximum atomic E-state index is 11.7. The topological polar surface area (TPSA) is 62.7 Å². The van der Waals surface area contributed by atoms with Crippen LogP contribution >= 0.6 is 0 Å². The lowest BCUT2D eigenvalue weighted by Gasteiger charge is -2.36. The van der Waals surface area contributed by atoms with E-state index in [9.17, 15) is 9.90 Å². The molecule has 1 saturated heterocycles. The van der Waals surface area contributed by atoms with E-state index < -0.39 is 5.60 Å². The number of nitrogens with zero attached hydrogens (tertiary/aromatic N) is 2. The molecule has 1 N–H and O–H groups in total. The van der Waals surface area contributed by atoms with Gasteiger partial charge in [0.25, 0.3) is 0 Å². The van der Waals surface area contributed by atoms with Crippen molar-refractivity contribution in [2.75, 3.05) is 25.1 Å². The Hall–Kier alpha value is -1.62. The second-order valence-corrected chi connectivity index (χ2v) is 4.85. The maximum absolute atomic E-state index is 11.7. The molecular formula is C13H18N2O3. The zero-order valence-corrected chi connectivity index (χ0v) is 10.7. The Morgan fingerprint density at radius 3 is 2.78 bits per heavy atom. The number of rotatable bonds is 2. The number of aromatic nitrogens is 1. The summed E-state index contributed by atoms with van der Waals surface area (Å²) in [5.41, 5.74) is -0.141. The highest BCUT2D eigenvalue weighted by atomic mass is 16.5. The third-order valence-electron chi connectivity index (χ3n) is 3.33. The fourth-order valence-corrected chi connectivity index (χ4v) is 2.12. The number of carbonyl (C=O) groups excluding carboxylic acids is 1. The minimum Gasteiger partial charge on any atom is -0.465 e. The van der Waals surface area contributed by atoms with E-state index in [0.717, 1.165) is 0 Å². The average molecular weight is 250 g/mol.